The average molecular weight is 208 g/mol. The molecule has 0 aliphatic rings. The van der Waals surface area contributed by atoms with Crippen molar-refractivity contribution in [3.8, 4) is 0 Å². The molecule has 0 aliphatic heterocycles. The highest BCUT2D eigenvalue weighted by Crippen LogP contribution is 2.30. The van der Waals surface area contributed by atoms with Crippen LogP contribution in [0.25, 0.3) is 0 Å². The Balaban J connectivity index is 3.28. The third kappa shape index (κ3) is 1.98. The van der Waals surface area contributed by atoms with Crippen molar-refractivity contribution in [2.45, 2.75) is 6.18 Å². The maximum Gasteiger partial charge on any atom is 0.436 e. The Bertz CT molecular complexity index is 361. The van der Waals surface area contributed by atoms with Crippen LogP contribution in [0.5, 0.6) is 0 Å². The molecule has 0 saturated heterocycles. The SMILES string of the molecule is O/N=C/c1ccnc(C(F)(F)F)c1F. The molecule has 0 bridgehead atoms. The van der Waals surface area contributed by atoms with E-state index in [-0.39, 0.29) is 0 Å². The standard InChI is InChI=1S/C7H4F4N2O/c8-5-4(3-13-14)1-2-12-6(5)7(9,10)11/h1-3,14H/b13-3+. The Hall–Kier alpha value is -1.66. The molecule has 1 N–H and O–H groups in total. The van der Waals surface area contributed by atoms with Gasteiger partial charge in [-0.2, -0.15) is 13.2 Å². The van der Waals surface area contributed by atoms with Gasteiger partial charge in [-0.1, -0.05) is 5.16 Å². The van der Waals surface area contributed by atoms with Crippen molar-refractivity contribution in [3.63, 3.8) is 0 Å². The van der Waals surface area contributed by atoms with Crippen molar-refractivity contribution in [2.75, 3.05) is 0 Å². The number of nitrogens with zero attached hydrogens (tertiary/aromatic N) is 2. The molecule has 0 aliphatic carbocycles. The number of hydrogen-bond acceptors (Lipinski definition) is 3. The first-order valence-electron chi connectivity index (χ1n) is 3.36. The molecule has 0 fully saturated rings. The molecule has 1 heterocycles. The zero-order valence-corrected chi connectivity index (χ0v) is 6.59. The van der Waals surface area contributed by atoms with E-state index in [2.05, 4.69) is 10.1 Å². The smallest absolute Gasteiger partial charge is 0.411 e. The normalized spacial score (nSPS) is 12.3. The van der Waals surface area contributed by atoms with E-state index >= 15 is 0 Å². The van der Waals surface area contributed by atoms with Crippen molar-refractivity contribution in [3.05, 3.63) is 29.3 Å². The van der Waals surface area contributed by atoms with Gasteiger partial charge in [0.15, 0.2) is 11.5 Å². The summed E-state index contributed by atoms with van der Waals surface area (Å²) in [4.78, 5) is 2.85. The highest BCUT2D eigenvalue weighted by molar-refractivity contribution is 5.79. The molecule has 0 atom stereocenters. The van der Waals surface area contributed by atoms with E-state index in [0.717, 1.165) is 12.3 Å². The van der Waals surface area contributed by atoms with Crippen LogP contribution in [0.4, 0.5) is 17.6 Å². The lowest BCUT2D eigenvalue weighted by atomic mass is 10.2. The van der Waals surface area contributed by atoms with E-state index in [4.69, 9.17) is 5.21 Å². The molecule has 0 aromatic carbocycles. The zero-order valence-electron chi connectivity index (χ0n) is 6.59. The molecule has 0 spiro atoms. The summed E-state index contributed by atoms with van der Waals surface area (Å²) in [6.45, 7) is 0. The van der Waals surface area contributed by atoms with E-state index < -0.39 is 23.3 Å². The third-order valence-electron chi connectivity index (χ3n) is 1.38. The summed E-state index contributed by atoms with van der Waals surface area (Å²) in [5.41, 5.74) is -2.11. The molecule has 0 amide bonds. The summed E-state index contributed by atoms with van der Waals surface area (Å²) in [5.74, 6) is -1.56. The van der Waals surface area contributed by atoms with Gasteiger partial charge in [-0.05, 0) is 6.07 Å². The lowest BCUT2D eigenvalue weighted by Gasteiger charge is -2.07. The first-order valence-corrected chi connectivity index (χ1v) is 3.36. The van der Waals surface area contributed by atoms with Crippen molar-refractivity contribution in [1.82, 2.24) is 4.98 Å². The maximum atomic E-state index is 13.0. The van der Waals surface area contributed by atoms with E-state index in [1.807, 2.05) is 0 Å². The Kier molecular flexibility index (Phi) is 2.68. The van der Waals surface area contributed by atoms with Crippen LogP contribution in [0, 0.1) is 5.82 Å². The van der Waals surface area contributed by atoms with Crippen LogP contribution in [0.1, 0.15) is 11.3 Å². The molecule has 0 unspecified atom stereocenters. The summed E-state index contributed by atoms with van der Waals surface area (Å²) in [6, 6.07) is 0.963. The minimum absolute atomic E-state index is 0.477. The summed E-state index contributed by atoms with van der Waals surface area (Å²) >= 11 is 0. The third-order valence-corrected chi connectivity index (χ3v) is 1.38. The minimum Gasteiger partial charge on any atom is -0.411 e. The van der Waals surface area contributed by atoms with E-state index in [1.54, 1.807) is 0 Å². The molecule has 0 radical (unpaired) electrons. The van der Waals surface area contributed by atoms with Crippen molar-refractivity contribution in [2.24, 2.45) is 5.16 Å². The first-order chi connectivity index (χ1) is 6.46. The van der Waals surface area contributed by atoms with E-state index in [0.29, 0.717) is 6.21 Å². The van der Waals surface area contributed by atoms with Crippen LogP contribution >= 0.6 is 0 Å². The van der Waals surface area contributed by atoms with Gasteiger partial charge in [-0.15, -0.1) is 0 Å². The second-order valence-electron chi connectivity index (χ2n) is 2.31. The number of aromatic nitrogens is 1. The fourth-order valence-corrected chi connectivity index (χ4v) is 0.818. The van der Waals surface area contributed by atoms with Crippen LogP contribution in [0.3, 0.4) is 0 Å². The predicted octanol–water partition coefficient (Wildman–Crippen LogP) is 2.05. The molecule has 14 heavy (non-hydrogen) atoms. The first kappa shape index (κ1) is 10.4. The summed E-state index contributed by atoms with van der Waals surface area (Å²) < 4.78 is 49.1. The molecule has 76 valence electrons. The number of pyridine rings is 1. The van der Waals surface area contributed by atoms with Gasteiger partial charge >= 0.3 is 6.18 Å². The molecular weight excluding hydrogens is 204 g/mol. The van der Waals surface area contributed by atoms with Gasteiger partial charge in [0, 0.05) is 11.8 Å². The Morgan fingerprint density at radius 3 is 2.57 bits per heavy atom. The van der Waals surface area contributed by atoms with Gasteiger partial charge in [0.05, 0.1) is 6.21 Å². The Morgan fingerprint density at radius 2 is 2.07 bits per heavy atom. The van der Waals surface area contributed by atoms with Gasteiger partial charge in [0.2, 0.25) is 0 Å². The molecule has 1 aromatic rings. The van der Waals surface area contributed by atoms with Crippen LogP contribution in [0.2, 0.25) is 0 Å². The van der Waals surface area contributed by atoms with Gasteiger partial charge in [-0.3, -0.25) is 0 Å². The number of rotatable bonds is 1. The highest BCUT2D eigenvalue weighted by Gasteiger charge is 2.36. The Morgan fingerprint density at radius 1 is 1.43 bits per heavy atom. The van der Waals surface area contributed by atoms with Gasteiger partial charge in [-0.25, -0.2) is 9.37 Å². The fraction of sp³-hybridized carbons (Fsp3) is 0.143. The van der Waals surface area contributed by atoms with Crippen LogP contribution in [0.15, 0.2) is 17.4 Å². The highest BCUT2D eigenvalue weighted by atomic mass is 19.4. The summed E-state index contributed by atoms with van der Waals surface area (Å²) in [6.07, 6.45) is -3.52. The predicted molar refractivity (Wildman–Crippen MR) is 38.6 cm³/mol. The average Bonchev–Trinajstić information content (AvgIpc) is 2.07. The number of oxime groups is 1. The lowest BCUT2D eigenvalue weighted by molar-refractivity contribution is -0.143. The monoisotopic (exact) mass is 208 g/mol. The van der Waals surface area contributed by atoms with Crippen LogP contribution < -0.4 is 0 Å². The lowest BCUT2D eigenvalue weighted by Crippen LogP contribution is -2.12. The molecule has 1 aromatic heterocycles. The van der Waals surface area contributed by atoms with Crippen LogP contribution in [-0.2, 0) is 6.18 Å². The van der Waals surface area contributed by atoms with E-state index in [9.17, 15) is 17.6 Å². The van der Waals surface area contributed by atoms with Gasteiger partial charge in [0.25, 0.3) is 0 Å². The number of alkyl halides is 3. The van der Waals surface area contributed by atoms with Crippen molar-refractivity contribution >= 4 is 6.21 Å². The zero-order chi connectivity index (χ0) is 10.8. The number of hydrogen-bond donors (Lipinski definition) is 1. The molecule has 0 saturated carbocycles. The quantitative estimate of drug-likeness (QED) is 0.332. The fourth-order valence-electron chi connectivity index (χ4n) is 0.818. The number of halogens is 4. The van der Waals surface area contributed by atoms with Crippen LogP contribution in [-0.4, -0.2) is 16.4 Å². The maximum absolute atomic E-state index is 13.0. The largest absolute Gasteiger partial charge is 0.436 e. The molecule has 7 heteroatoms. The second-order valence-corrected chi connectivity index (χ2v) is 2.31. The molecule has 1 rings (SSSR count). The second kappa shape index (κ2) is 3.60. The van der Waals surface area contributed by atoms with Crippen molar-refractivity contribution < 1.29 is 22.8 Å². The summed E-state index contributed by atoms with van der Waals surface area (Å²) in [5, 5.41) is 10.5. The molecule has 3 nitrogen and oxygen atoms in total. The van der Waals surface area contributed by atoms with Gasteiger partial charge in [0.1, 0.15) is 0 Å². The van der Waals surface area contributed by atoms with Gasteiger partial charge < -0.3 is 5.21 Å². The van der Waals surface area contributed by atoms with E-state index in [1.165, 1.54) is 0 Å². The minimum atomic E-state index is -4.86. The molecular formula is C7H4F4N2O. The van der Waals surface area contributed by atoms with Crippen molar-refractivity contribution in [1.29, 1.82) is 0 Å². The topological polar surface area (TPSA) is 45.5 Å². The summed E-state index contributed by atoms with van der Waals surface area (Å²) in [7, 11) is 0. The Labute approximate surface area is 75.7 Å².